The summed E-state index contributed by atoms with van der Waals surface area (Å²) in [4.78, 5) is 14.5. The molecule has 0 aliphatic rings. The maximum absolute atomic E-state index is 12.9. The molecule has 0 spiro atoms. The molecular weight excluding hydrogens is 436 g/mol. The third-order valence-electron chi connectivity index (χ3n) is 4.21. The van der Waals surface area contributed by atoms with Crippen molar-refractivity contribution in [3.05, 3.63) is 64.5 Å². The maximum atomic E-state index is 12.9. The molecule has 9 heteroatoms. The molecule has 7 nitrogen and oxygen atoms in total. The predicted octanol–water partition coefficient (Wildman–Crippen LogP) is 4.96. The minimum Gasteiger partial charge on any atom is -0.484 e. The van der Waals surface area contributed by atoms with Crippen molar-refractivity contribution < 1.29 is 13.9 Å². The van der Waals surface area contributed by atoms with Crippen LogP contribution in [0.1, 0.15) is 23.4 Å². The van der Waals surface area contributed by atoms with Gasteiger partial charge in [-0.05, 0) is 61.4 Å². The zero-order valence-corrected chi connectivity index (χ0v) is 18.7. The molecule has 1 heterocycles. The van der Waals surface area contributed by atoms with Crippen molar-refractivity contribution in [3.63, 3.8) is 0 Å². The van der Waals surface area contributed by atoms with Gasteiger partial charge in [0.05, 0.1) is 18.2 Å². The zero-order chi connectivity index (χ0) is 22.2. The Bertz CT molecular complexity index is 1060. The van der Waals surface area contributed by atoms with Gasteiger partial charge in [0.2, 0.25) is 5.91 Å². The van der Waals surface area contributed by atoms with E-state index in [1.165, 1.54) is 0 Å². The number of thioether (sulfide) groups is 1. The first kappa shape index (κ1) is 22.7. The number of ether oxygens (including phenoxy) is 1. The number of rotatable bonds is 9. The van der Waals surface area contributed by atoms with Crippen molar-refractivity contribution in [2.24, 2.45) is 0 Å². The van der Waals surface area contributed by atoms with Crippen LogP contribution < -0.4 is 9.64 Å². The Labute approximate surface area is 190 Å². The predicted molar refractivity (Wildman–Crippen MR) is 119 cm³/mol. The Balaban J connectivity index is 1.59. The summed E-state index contributed by atoms with van der Waals surface area (Å²) in [6.07, 6.45) is 0.246. The van der Waals surface area contributed by atoms with E-state index in [4.69, 9.17) is 26.0 Å². The average Bonchev–Trinajstić information content (AvgIpc) is 3.19. The number of carbonyl (C=O) groups is 1. The van der Waals surface area contributed by atoms with E-state index in [1.54, 1.807) is 29.2 Å². The highest BCUT2D eigenvalue weighted by atomic mass is 35.5. The van der Waals surface area contributed by atoms with E-state index < -0.39 is 0 Å². The molecule has 0 saturated carbocycles. The first-order chi connectivity index (χ1) is 14.9. The number of hydrogen-bond donors (Lipinski definition) is 0. The second-order valence-electron chi connectivity index (χ2n) is 6.79. The van der Waals surface area contributed by atoms with Gasteiger partial charge in [-0.15, -0.1) is 10.2 Å². The van der Waals surface area contributed by atoms with E-state index in [0.717, 1.165) is 28.6 Å². The van der Waals surface area contributed by atoms with Crippen molar-refractivity contribution >= 4 is 35.0 Å². The highest BCUT2D eigenvalue weighted by Gasteiger charge is 2.18. The Morgan fingerprint density at radius 1 is 1.19 bits per heavy atom. The van der Waals surface area contributed by atoms with Crippen LogP contribution in [-0.2, 0) is 11.4 Å². The van der Waals surface area contributed by atoms with Crippen LogP contribution in [0.3, 0.4) is 0 Å². The molecule has 0 atom stereocenters. The lowest BCUT2D eigenvalue weighted by molar-refractivity contribution is -0.116. The van der Waals surface area contributed by atoms with Gasteiger partial charge in [-0.3, -0.25) is 4.79 Å². The van der Waals surface area contributed by atoms with Crippen molar-refractivity contribution in [2.75, 3.05) is 17.2 Å². The lowest BCUT2D eigenvalue weighted by Gasteiger charge is -2.22. The Hall–Kier alpha value is -3.02. The molecule has 3 rings (SSSR count). The second-order valence-corrected chi connectivity index (χ2v) is 8.16. The molecule has 0 N–H and O–H groups in total. The van der Waals surface area contributed by atoms with Crippen LogP contribution in [0.5, 0.6) is 5.75 Å². The number of aryl methyl sites for hydroxylation is 2. The van der Waals surface area contributed by atoms with Crippen LogP contribution in [0.25, 0.3) is 0 Å². The molecule has 0 fully saturated rings. The van der Waals surface area contributed by atoms with Gasteiger partial charge in [-0.1, -0.05) is 29.4 Å². The van der Waals surface area contributed by atoms with Crippen LogP contribution in [0.4, 0.5) is 5.69 Å². The second kappa shape index (κ2) is 10.8. The molecule has 0 aliphatic heterocycles. The first-order valence-electron chi connectivity index (χ1n) is 9.54. The third-order valence-corrected chi connectivity index (χ3v) is 5.26. The fraction of sp³-hybridized carbons (Fsp3) is 0.273. The van der Waals surface area contributed by atoms with Crippen molar-refractivity contribution in [1.82, 2.24) is 10.2 Å². The number of amides is 1. The number of anilines is 1. The highest BCUT2D eigenvalue weighted by Crippen LogP contribution is 2.23. The minimum atomic E-state index is -0.137. The normalized spacial score (nSPS) is 10.5. The van der Waals surface area contributed by atoms with Crippen molar-refractivity contribution in [2.45, 2.75) is 32.1 Å². The van der Waals surface area contributed by atoms with Crippen LogP contribution in [-0.4, -0.2) is 28.4 Å². The van der Waals surface area contributed by atoms with Gasteiger partial charge >= 0.3 is 0 Å². The number of nitriles is 1. The Morgan fingerprint density at radius 3 is 2.58 bits per heavy atom. The lowest BCUT2D eigenvalue weighted by Crippen LogP contribution is -2.33. The summed E-state index contributed by atoms with van der Waals surface area (Å²) in [5.41, 5.74) is 2.89. The summed E-state index contributed by atoms with van der Waals surface area (Å²) in [6.45, 7) is 4.39. The summed E-state index contributed by atoms with van der Waals surface area (Å²) >= 11 is 7.00. The molecule has 3 aromatic rings. The van der Waals surface area contributed by atoms with Crippen molar-refractivity contribution in [3.8, 4) is 11.8 Å². The van der Waals surface area contributed by atoms with Crippen LogP contribution in [0.15, 0.2) is 52.1 Å². The van der Waals surface area contributed by atoms with Crippen LogP contribution in [0, 0.1) is 25.2 Å². The molecule has 0 radical (unpaired) electrons. The molecule has 0 saturated heterocycles. The van der Waals surface area contributed by atoms with E-state index in [0.29, 0.717) is 23.2 Å². The lowest BCUT2D eigenvalue weighted by atomic mass is 10.1. The summed E-state index contributed by atoms with van der Waals surface area (Å²) in [6, 6.07) is 15.0. The van der Waals surface area contributed by atoms with Gasteiger partial charge in [-0.25, -0.2) is 0 Å². The topological polar surface area (TPSA) is 92.2 Å². The smallest absolute Gasteiger partial charge is 0.277 e. The van der Waals surface area contributed by atoms with E-state index >= 15 is 0 Å². The summed E-state index contributed by atoms with van der Waals surface area (Å²) in [7, 11) is 0. The SMILES string of the molecule is Cc1cc(C)cc(N(CCC#N)C(=O)CSc2nnc(COc3ccc(Cl)cc3)o2)c1. The molecular formula is C22H21ClN4O3S. The highest BCUT2D eigenvalue weighted by molar-refractivity contribution is 7.99. The molecule has 31 heavy (non-hydrogen) atoms. The van der Waals surface area contributed by atoms with Crippen LogP contribution >= 0.6 is 23.4 Å². The number of carbonyl (C=O) groups excluding carboxylic acids is 1. The van der Waals surface area contributed by atoms with E-state index in [2.05, 4.69) is 16.3 Å². The Morgan fingerprint density at radius 2 is 1.90 bits per heavy atom. The molecule has 2 aromatic carbocycles. The summed E-state index contributed by atoms with van der Waals surface area (Å²) < 4.78 is 11.1. The van der Waals surface area contributed by atoms with E-state index in [9.17, 15) is 4.79 Å². The zero-order valence-electron chi connectivity index (χ0n) is 17.2. The molecule has 1 amide bonds. The largest absolute Gasteiger partial charge is 0.484 e. The number of halogens is 1. The standard InChI is InChI=1S/C22H21ClN4O3S/c1-15-10-16(2)12-18(11-15)27(9-3-8-24)21(28)14-31-22-26-25-20(30-22)13-29-19-6-4-17(23)5-7-19/h4-7,10-12H,3,9,13-14H2,1-2H3. The molecule has 0 aliphatic carbocycles. The van der Waals surface area contributed by atoms with Gasteiger partial charge in [-0.2, -0.15) is 5.26 Å². The van der Waals surface area contributed by atoms with E-state index in [1.807, 2.05) is 32.0 Å². The Kier molecular flexibility index (Phi) is 7.93. The van der Waals surface area contributed by atoms with Crippen molar-refractivity contribution in [1.29, 1.82) is 5.26 Å². The van der Waals surface area contributed by atoms with Gasteiger partial charge in [0.25, 0.3) is 11.1 Å². The maximum Gasteiger partial charge on any atom is 0.277 e. The van der Waals surface area contributed by atoms with Gasteiger partial charge < -0.3 is 14.1 Å². The number of hydrogen-bond acceptors (Lipinski definition) is 7. The first-order valence-corrected chi connectivity index (χ1v) is 10.9. The fourth-order valence-corrected chi connectivity index (χ4v) is 3.68. The van der Waals surface area contributed by atoms with Gasteiger partial charge in [0.1, 0.15) is 5.75 Å². The molecule has 160 valence electrons. The fourth-order valence-electron chi connectivity index (χ4n) is 2.90. The monoisotopic (exact) mass is 456 g/mol. The van der Waals surface area contributed by atoms with Crippen LogP contribution in [0.2, 0.25) is 5.02 Å². The number of aromatic nitrogens is 2. The summed E-state index contributed by atoms with van der Waals surface area (Å²) in [5.74, 6) is 0.912. The number of benzene rings is 2. The molecule has 0 unspecified atom stereocenters. The molecule has 1 aromatic heterocycles. The quantitative estimate of drug-likeness (QED) is 0.420. The summed E-state index contributed by atoms with van der Waals surface area (Å²) in [5, 5.41) is 17.8. The van der Waals surface area contributed by atoms with E-state index in [-0.39, 0.29) is 29.9 Å². The average molecular weight is 457 g/mol. The minimum absolute atomic E-state index is 0.109. The van der Waals surface area contributed by atoms with Gasteiger partial charge in [0.15, 0.2) is 6.61 Å². The third kappa shape index (κ3) is 6.74. The molecule has 0 bridgehead atoms. The van der Waals surface area contributed by atoms with Gasteiger partial charge in [0, 0.05) is 17.3 Å². The number of nitrogens with zero attached hydrogens (tertiary/aromatic N) is 4.